The smallest absolute Gasteiger partial charge is 0.0402 e. The molecule has 0 saturated heterocycles. The van der Waals surface area contributed by atoms with E-state index in [0.717, 1.165) is 0 Å². The Kier molecular flexibility index (Phi) is 3.33. The molecule has 2 aromatic heterocycles. The maximum atomic E-state index is 2.42. The molecule has 0 N–H and O–H groups in total. The molecule has 0 atom stereocenters. The van der Waals surface area contributed by atoms with Crippen molar-refractivity contribution in [1.82, 2.24) is 0 Å². The first-order valence-corrected chi connectivity index (χ1v) is 13.1. The van der Waals surface area contributed by atoms with Crippen molar-refractivity contribution in [2.24, 2.45) is 0 Å². The third-order valence-electron chi connectivity index (χ3n) is 7.64. The molecule has 0 bridgehead atoms. The first-order valence-electron chi connectivity index (χ1n) is 11.5. The van der Waals surface area contributed by atoms with Gasteiger partial charge in [-0.3, -0.25) is 0 Å². The lowest BCUT2D eigenvalue weighted by Crippen LogP contribution is -2.15. The minimum Gasteiger partial charge on any atom is -0.135 e. The van der Waals surface area contributed by atoms with Crippen LogP contribution in [0.3, 0.4) is 0 Å². The quantitative estimate of drug-likeness (QED) is 0.213. The van der Waals surface area contributed by atoms with Gasteiger partial charge >= 0.3 is 0 Å². The fourth-order valence-corrected chi connectivity index (χ4v) is 8.71. The molecule has 1 aliphatic rings. The second kappa shape index (κ2) is 6.02. The highest BCUT2D eigenvalue weighted by Gasteiger charge is 2.39. The Balaban J connectivity index is 1.61. The summed E-state index contributed by atoms with van der Waals surface area (Å²) in [5.74, 6) is 0. The molecule has 8 rings (SSSR count). The van der Waals surface area contributed by atoms with Crippen molar-refractivity contribution in [3.05, 3.63) is 96.1 Å². The van der Waals surface area contributed by atoms with Gasteiger partial charge in [-0.2, -0.15) is 0 Å². The Labute approximate surface area is 199 Å². The highest BCUT2D eigenvalue weighted by Crippen LogP contribution is 2.57. The zero-order chi connectivity index (χ0) is 21.9. The van der Waals surface area contributed by atoms with Gasteiger partial charge in [0, 0.05) is 45.8 Å². The summed E-state index contributed by atoms with van der Waals surface area (Å²) in [5, 5.41) is 8.34. The first-order chi connectivity index (χ1) is 16.1. The molecule has 0 radical (unpaired) electrons. The third kappa shape index (κ3) is 2.16. The summed E-state index contributed by atoms with van der Waals surface area (Å²) in [6.07, 6.45) is 0. The third-order valence-corrected chi connectivity index (χ3v) is 9.98. The number of benzene rings is 5. The van der Waals surface area contributed by atoms with Crippen molar-refractivity contribution in [3.8, 4) is 11.1 Å². The van der Waals surface area contributed by atoms with Gasteiger partial charge in [-0.1, -0.05) is 80.6 Å². The SMILES string of the molecule is CC1(C)c2ccc3ccc4sc5ccccc5c4c3c2-c2ccc3c(sc4ccccc43)c21. The highest BCUT2D eigenvalue weighted by atomic mass is 32.1. The van der Waals surface area contributed by atoms with E-state index in [-0.39, 0.29) is 5.41 Å². The molecular formula is C31H20S2. The van der Waals surface area contributed by atoms with E-state index in [4.69, 9.17) is 0 Å². The second-order valence-electron chi connectivity index (χ2n) is 9.71. The van der Waals surface area contributed by atoms with Crippen LogP contribution in [0.15, 0.2) is 84.9 Å². The number of hydrogen-bond donors (Lipinski definition) is 0. The van der Waals surface area contributed by atoms with Crippen molar-refractivity contribution in [2.75, 3.05) is 0 Å². The highest BCUT2D eigenvalue weighted by molar-refractivity contribution is 7.26. The van der Waals surface area contributed by atoms with E-state index in [2.05, 4.69) is 98.8 Å². The minimum atomic E-state index is -0.0345. The van der Waals surface area contributed by atoms with Crippen LogP contribution in [0.5, 0.6) is 0 Å². The summed E-state index contributed by atoms with van der Waals surface area (Å²) < 4.78 is 5.58. The molecule has 33 heavy (non-hydrogen) atoms. The van der Waals surface area contributed by atoms with E-state index in [1.54, 1.807) is 0 Å². The minimum absolute atomic E-state index is 0.0345. The molecule has 5 aromatic carbocycles. The Morgan fingerprint density at radius 3 is 2.15 bits per heavy atom. The molecule has 0 amide bonds. The zero-order valence-corrected chi connectivity index (χ0v) is 20.0. The van der Waals surface area contributed by atoms with Crippen LogP contribution in [0.4, 0.5) is 0 Å². The van der Waals surface area contributed by atoms with Gasteiger partial charge in [0.2, 0.25) is 0 Å². The van der Waals surface area contributed by atoms with Gasteiger partial charge in [-0.15, -0.1) is 22.7 Å². The number of thiophene rings is 2. The summed E-state index contributed by atoms with van der Waals surface area (Å²) >= 11 is 3.87. The normalized spacial score (nSPS) is 14.6. The summed E-state index contributed by atoms with van der Waals surface area (Å²) in [6, 6.07) is 31.8. The Hall–Kier alpha value is -3.20. The number of rotatable bonds is 0. The lowest BCUT2D eigenvalue weighted by atomic mass is 9.81. The van der Waals surface area contributed by atoms with Crippen LogP contribution in [-0.4, -0.2) is 0 Å². The summed E-state index contributed by atoms with van der Waals surface area (Å²) in [7, 11) is 0. The first kappa shape index (κ1) is 18.3. The van der Waals surface area contributed by atoms with E-state index < -0.39 is 0 Å². The van der Waals surface area contributed by atoms with Gasteiger partial charge in [-0.25, -0.2) is 0 Å². The average molecular weight is 457 g/mol. The lowest BCUT2D eigenvalue weighted by Gasteiger charge is -2.22. The van der Waals surface area contributed by atoms with Crippen LogP contribution >= 0.6 is 22.7 Å². The Morgan fingerprint density at radius 1 is 0.576 bits per heavy atom. The van der Waals surface area contributed by atoms with E-state index in [9.17, 15) is 0 Å². The second-order valence-corrected chi connectivity index (χ2v) is 11.8. The van der Waals surface area contributed by atoms with Gasteiger partial charge in [0.05, 0.1) is 0 Å². The van der Waals surface area contributed by atoms with Crippen molar-refractivity contribution < 1.29 is 0 Å². The fourth-order valence-electron chi connectivity index (χ4n) is 6.19. The van der Waals surface area contributed by atoms with Gasteiger partial charge in [0.25, 0.3) is 0 Å². The average Bonchev–Trinajstić information content (AvgIpc) is 3.47. The molecule has 2 heterocycles. The van der Waals surface area contributed by atoms with Crippen LogP contribution in [0.1, 0.15) is 25.0 Å². The molecule has 2 heteroatoms. The maximum absolute atomic E-state index is 2.42. The maximum Gasteiger partial charge on any atom is 0.0402 e. The van der Waals surface area contributed by atoms with E-state index in [1.165, 1.54) is 73.4 Å². The molecule has 0 unspecified atom stereocenters. The molecular weight excluding hydrogens is 436 g/mol. The fraction of sp³-hybridized carbons (Fsp3) is 0.0968. The lowest BCUT2D eigenvalue weighted by molar-refractivity contribution is 0.667. The van der Waals surface area contributed by atoms with E-state index in [0.29, 0.717) is 0 Å². The van der Waals surface area contributed by atoms with Crippen LogP contribution in [0, 0.1) is 0 Å². The standard InChI is InChI=1S/C31H20S2/c1-31(2)22-15-11-17-12-16-25-28(20-8-4-6-10-24(20)32-25)26(17)27(22)21-14-13-19-18-7-3-5-9-23(18)33-30(19)29(21)31/h3-16H,1-2H3. The molecule has 0 saturated carbocycles. The predicted molar refractivity (Wildman–Crippen MR) is 147 cm³/mol. The van der Waals surface area contributed by atoms with Crippen LogP contribution in [-0.2, 0) is 5.41 Å². The number of fused-ring (bicyclic) bond motifs is 13. The summed E-state index contributed by atoms with van der Waals surface area (Å²) in [4.78, 5) is 0. The topological polar surface area (TPSA) is 0 Å². The zero-order valence-electron chi connectivity index (χ0n) is 18.4. The molecule has 156 valence electrons. The Morgan fingerprint density at radius 2 is 1.30 bits per heavy atom. The predicted octanol–water partition coefficient (Wildman–Crippen LogP) is 9.88. The molecule has 0 aliphatic heterocycles. The van der Waals surface area contributed by atoms with Gasteiger partial charge in [0.1, 0.15) is 0 Å². The molecule has 0 nitrogen and oxygen atoms in total. The van der Waals surface area contributed by atoms with Gasteiger partial charge in [0.15, 0.2) is 0 Å². The van der Waals surface area contributed by atoms with Crippen molar-refractivity contribution in [2.45, 2.75) is 19.3 Å². The molecule has 0 spiro atoms. The largest absolute Gasteiger partial charge is 0.135 e. The molecule has 7 aromatic rings. The summed E-state index contributed by atoms with van der Waals surface area (Å²) in [5.41, 5.74) is 5.79. The van der Waals surface area contributed by atoms with Crippen molar-refractivity contribution >= 4 is 73.8 Å². The molecule has 0 fully saturated rings. The van der Waals surface area contributed by atoms with Crippen LogP contribution < -0.4 is 0 Å². The monoisotopic (exact) mass is 456 g/mol. The Bertz CT molecular complexity index is 1950. The van der Waals surface area contributed by atoms with E-state index in [1.807, 2.05) is 22.7 Å². The number of hydrogen-bond acceptors (Lipinski definition) is 2. The van der Waals surface area contributed by atoms with E-state index >= 15 is 0 Å². The van der Waals surface area contributed by atoms with Gasteiger partial charge < -0.3 is 0 Å². The van der Waals surface area contributed by atoms with Crippen molar-refractivity contribution in [3.63, 3.8) is 0 Å². The van der Waals surface area contributed by atoms with Gasteiger partial charge in [-0.05, 0) is 51.2 Å². The molecule has 1 aliphatic carbocycles. The van der Waals surface area contributed by atoms with Crippen LogP contribution in [0.2, 0.25) is 0 Å². The van der Waals surface area contributed by atoms with Crippen LogP contribution in [0.25, 0.3) is 62.2 Å². The summed E-state index contributed by atoms with van der Waals surface area (Å²) in [6.45, 7) is 4.83. The van der Waals surface area contributed by atoms with Crippen molar-refractivity contribution in [1.29, 1.82) is 0 Å².